The highest BCUT2D eigenvalue weighted by molar-refractivity contribution is 6.12. The van der Waals surface area contributed by atoms with E-state index in [1.807, 2.05) is 0 Å². The van der Waals surface area contributed by atoms with Crippen molar-refractivity contribution < 1.29 is 26.3 Å². The van der Waals surface area contributed by atoms with Crippen molar-refractivity contribution in [3.63, 3.8) is 0 Å². The van der Waals surface area contributed by atoms with Crippen LogP contribution in [0.25, 0.3) is 32.9 Å². The van der Waals surface area contributed by atoms with Gasteiger partial charge in [0.1, 0.15) is 0 Å². The lowest BCUT2D eigenvalue weighted by molar-refractivity contribution is -0.138. The van der Waals surface area contributed by atoms with Gasteiger partial charge in [-0.15, -0.1) is 0 Å². The Hall–Kier alpha value is -3.23. The SMILES string of the molecule is Cc1[nH]c2c(ccc3[nH]c(=O)cc(C(F)(F)F)c32)c1-c1cccc(C(F)(F)F)c1. The summed E-state index contributed by atoms with van der Waals surface area (Å²) < 4.78 is 79.9. The minimum absolute atomic E-state index is 0.0193. The van der Waals surface area contributed by atoms with Crippen LogP contribution in [0.4, 0.5) is 26.3 Å². The van der Waals surface area contributed by atoms with Crippen molar-refractivity contribution in [1.29, 1.82) is 0 Å². The standard InChI is InChI=1S/C20H12F6N2O/c1-9-16(10-3-2-4-11(7-10)19(21,22)23)12-5-6-14-17(18(12)27-9)13(20(24,25)26)8-15(29)28-14/h2-8,27H,1H3,(H,28,29). The van der Waals surface area contributed by atoms with Crippen LogP contribution in [0, 0.1) is 6.92 Å². The van der Waals surface area contributed by atoms with E-state index in [0.29, 0.717) is 22.7 Å². The molecule has 29 heavy (non-hydrogen) atoms. The molecule has 2 heterocycles. The molecular formula is C20H12F6N2O. The third-order valence-corrected chi connectivity index (χ3v) is 4.75. The molecule has 0 aliphatic carbocycles. The molecule has 0 amide bonds. The summed E-state index contributed by atoms with van der Waals surface area (Å²) in [6, 6.07) is 7.86. The Labute approximate surface area is 159 Å². The summed E-state index contributed by atoms with van der Waals surface area (Å²) in [5.41, 5.74) is -1.79. The van der Waals surface area contributed by atoms with Gasteiger partial charge in [-0.25, -0.2) is 0 Å². The van der Waals surface area contributed by atoms with Gasteiger partial charge < -0.3 is 9.97 Å². The highest BCUT2D eigenvalue weighted by Crippen LogP contribution is 2.41. The smallest absolute Gasteiger partial charge is 0.358 e. The predicted octanol–water partition coefficient (Wildman–Crippen LogP) is 6.02. The molecule has 4 rings (SSSR count). The van der Waals surface area contributed by atoms with Crippen LogP contribution in [0.5, 0.6) is 0 Å². The molecule has 2 N–H and O–H groups in total. The first-order chi connectivity index (χ1) is 13.5. The summed E-state index contributed by atoms with van der Waals surface area (Å²) in [5, 5.41) is 0.0859. The molecule has 0 atom stereocenters. The third kappa shape index (κ3) is 3.16. The van der Waals surface area contributed by atoms with E-state index in [0.717, 1.165) is 12.1 Å². The molecule has 2 aromatic heterocycles. The van der Waals surface area contributed by atoms with Gasteiger partial charge >= 0.3 is 12.4 Å². The number of rotatable bonds is 1. The van der Waals surface area contributed by atoms with Crippen molar-refractivity contribution >= 4 is 21.8 Å². The molecule has 3 nitrogen and oxygen atoms in total. The van der Waals surface area contributed by atoms with Gasteiger partial charge in [-0.1, -0.05) is 18.2 Å². The maximum absolute atomic E-state index is 13.5. The van der Waals surface area contributed by atoms with Crippen LogP contribution in [-0.2, 0) is 12.4 Å². The summed E-state index contributed by atoms with van der Waals surface area (Å²) in [7, 11) is 0. The minimum Gasteiger partial charge on any atom is -0.358 e. The van der Waals surface area contributed by atoms with Crippen molar-refractivity contribution in [2.24, 2.45) is 0 Å². The van der Waals surface area contributed by atoms with E-state index in [4.69, 9.17) is 0 Å². The van der Waals surface area contributed by atoms with Crippen LogP contribution in [0.2, 0.25) is 0 Å². The highest BCUT2D eigenvalue weighted by Gasteiger charge is 2.35. The van der Waals surface area contributed by atoms with Crippen molar-refractivity contribution in [2.75, 3.05) is 0 Å². The first kappa shape index (κ1) is 19.1. The number of aromatic amines is 2. The average molecular weight is 410 g/mol. The molecular weight excluding hydrogens is 398 g/mol. The summed E-state index contributed by atoms with van der Waals surface area (Å²) in [5.74, 6) is 0. The molecule has 0 aliphatic heterocycles. The lowest BCUT2D eigenvalue weighted by atomic mass is 9.98. The van der Waals surface area contributed by atoms with E-state index >= 15 is 0 Å². The Morgan fingerprint density at radius 2 is 1.59 bits per heavy atom. The molecule has 0 bridgehead atoms. The number of alkyl halides is 6. The van der Waals surface area contributed by atoms with E-state index in [1.165, 1.54) is 24.3 Å². The van der Waals surface area contributed by atoms with Crippen molar-refractivity contribution in [3.8, 4) is 11.1 Å². The number of aromatic nitrogens is 2. The van der Waals surface area contributed by atoms with Crippen LogP contribution in [0.15, 0.2) is 47.3 Å². The Bertz CT molecular complexity index is 1310. The van der Waals surface area contributed by atoms with Gasteiger partial charge in [-0.2, -0.15) is 26.3 Å². The lowest BCUT2D eigenvalue weighted by Crippen LogP contribution is -2.14. The molecule has 0 spiro atoms. The van der Waals surface area contributed by atoms with Gasteiger partial charge in [0, 0.05) is 28.1 Å². The number of aryl methyl sites for hydroxylation is 1. The van der Waals surface area contributed by atoms with Crippen LogP contribution < -0.4 is 5.56 Å². The third-order valence-electron chi connectivity index (χ3n) is 4.75. The van der Waals surface area contributed by atoms with Gasteiger partial charge in [0.25, 0.3) is 0 Å². The zero-order valence-electron chi connectivity index (χ0n) is 14.7. The first-order valence-corrected chi connectivity index (χ1v) is 8.40. The van der Waals surface area contributed by atoms with E-state index in [2.05, 4.69) is 9.97 Å². The second kappa shape index (κ2) is 6.13. The van der Waals surface area contributed by atoms with Crippen LogP contribution in [0.1, 0.15) is 16.8 Å². The average Bonchev–Trinajstić information content (AvgIpc) is 2.95. The predicted molar refractivity (Wildman–Crippen MR) is 96.6 cm³/mol. The van der Waals surface area contributed by atoms with E-state index in [-0.39, 0.29) is 22.0 Å². The van der Waals surface area contributed by atoms with Crippen molar-refractivity contribution in [1.82, 2.24) is 9.97 Å². The van der Waals surface area contributed by atoms with Gasteiger partial charge in [0.2, 0.25) is 5.56 Å². The van der Waals surface area contributed by atoms with E-state index in [1.54, 1.807) is 6.92 Å². The highest BCUT2D eigenvalue weighted by atomic mass is 19.4. The summed E-state index contributed by atoms with van der Waals surface area (Å²) in [4.78, 5) is 16.9. The second-order valence-electron chi connectivity index (χ2n) is 6.66. The molecule has 0 radical (unpaired) electrons. The normalized spacial score (nSPS) is 12.8. The number of hydrogen-bond acceptors (Lipinski definition) is 1. The summed E-state index contributed by atoms with van der Waals surface area (Å²) >= 11 is 0. The lowest BCUT2D eigenvalue weighted by Gasteiger charge is -2.11. The second-order valence-corrected chi connectivity index (χ2v) is 6.66. The Morgan fingerprint density at radius 1 is 0.862 bits per heavy atom. The summed E-state index contributed by atoms with van der Waals surface area (Å²) in [6.45, 7) is 1.57. The number of pyridine rings is 1. The van der Waals surface area contributed by atoms with Gasteiger partial charge in [-0.3, -0.25) is 4.79 Å². The molecule has 0 fully saturated rings. The fourth-order valence-electron chi connectivity index (χ4n) is 3.60. The quantitative estimate of drug-likeness (QED) is 0.370. The topological polar surface area (TPSA) is 48.6 Å². The number of halogens is 6. The van der Waals surface area contributed by atoms with E-state index < -0.39 is 29.0 Å². The monoisotopic (exact) mass is 410 g/mol. The summed E-state index contributed by atoms with van der Waals surface area (Å²) in [6.07, 6.45) is -9.33. The number of benzene rings is 2. The number of fused-ring (bicyclic) bond motifs is 3. The maximum Gasteiger partial charge on any atom is 0.417 e. The molecule has 9 heteroatoms. The first-order valence-electron chi connectivity index (χ1n) is 8.40. The van der Waals surface area contributed by atoms with Crippen LogP contribution >= 0.6 is 0 Å². The molecule has 4 aromatic rings. The molecule has 0 saturated heterocycles. The molecule has 0 aliphatic rings. The Morgan fingerprint density at radius 3 is 2.24 bits per heavy atom. The molecule has 0 saturated carbocycles. The number of nitrogens with one attached hydrogen (secondary N) is 2. The maximum atomic E-state index is 13.5. The minimum atomic E-state index is -4.78. The van der Waals surface area contributed by atoms with Gasteiger partial charge in [-0.05, 0) is 30.7 Å². The van der Waals surface area contributed by atoms with Gasteiger partial charge in [0.15, 0.2) is 0 Å². The zero-order chi connectivity index (χ0) is 21.1. The van der Waals surface area contributed by atoms with Crippen molar-refractivity contribution in [2.45, 2.75) is 19.3 Å². The van der Waals surface area contributed by atoms with E-state index in [9.17, 15) is 31.1 Å². The molecule has 0 unspecified atom stereocenters. The fourth-order valence-corrected chi connectivity index (χ4v) is 3.60. The largest absolute Gasteiger partial charge is 0.417 e. The van der Waals surface area contributed by atoms with Crippen LogP contribution in [-0.4, -0.2) is 9.97 Å². The Balaban J connectivity index is 2.08. The zero-order valence-corrected chi connectivity index (χ0v) is 14.7. The Kier molecular flexibility index (Phi) is 4.04. The molecule has 2 aromatic carbocycles. The fraction of sp³-hybridized carbons (Fsp3) is 0.150. The number of hydrogen-bond donors (Lipinski definition) is 2. The number of H-pyrrole nitrogens is 2. The van der Waals surface area contributed by atoms with Crippen molar-refractivity contribution in [3.05, 3.63) is 69.6 Å². The van der Waals surface area contributed by atoms with Crippen LogP contribution in [0.3, 0.4) is 0 Å². The molecule has 150 valence electrons. The van der Waals surface area contributed by atoms with Gasteiger partial charge in [0.05, 0.1) is 22.2 Å².